The summed E-state index contributed by atoms with van der Waals surface area (Å²) in [5.41, 5.74) is 4.73. The average molecular weight is 261 g/mol. The molecule has 1 rings (SSSR count). The Bertz CT molecular complexity index is 406. The molecule has 100 valence electrons. The topological polar surface area (TPSA) is 52.3 Å². The fourth-order valence-corrected chi connectivity index (χ4v) is 1.48. The molecular weight excluding hydrogens is 247 g/mol. The lowest BCUT2D eigenvalue weighted by Crippen LogP contribution is -2.46. The van der Waals surface area contributed by atoms with Crippen molar-refractivity contribution in [3.8, 4) is 0 Å². The summed E-state index contributed by atoms with van der Waals surface area (Å²) >= 11 is 0. The monoisotopic (exact) mass is 261 g/mol. The normalized spacial score (nSPS) is 14.9. The molecule has 0 fully saturated rings. The molecule has 6 heteroatoms. The van der Waals surface area contributed by atoms with Crippen LogP contribution in [0.4, 0.5) is 13.2 Å². The molecule has 0 heterocycles. The fourth-order valence-electron chi connectivity index (χ4n) is 1.48. The summed E-state index contributed by atoms with van der Waals surface area (Å²) in [5.74, 6) is -1.08. The predicted octanol–water partition coefficient (Wildman–Crippen LogP) is 2.36. The van der Waals surface area contributed by atoms with Crippen LogP contribution in [-0.4, -0.2) is 18.8 Å². The smallest absolute Gasteiger partial charge is 0.422 e. The van der Waals surface area contributed by atoms with Crippen molar-refractivity contribution < 1.29 is 22.7 Å². The summed E-state index contributed by atoms with van der Waals surface area (Å²) in [7, 11) is 0. The van der Waals surface area contributed by atoms with Crippen molar-refractivity contribution in [3.05, 3.63) is 35.9 Å². The minimum absolute atomic E-state index is 0.147. The van der Waals surface area contributed by atoms with Crippen LogP contribution in [0.3, 0.4) is 0 Å². The fraction of sp³-hybridized carbons (Fsp3) is 0.417. The molecular formula is C12H14F3NO2. The minimum Gasteiger partial charge on any atom is -0.454 e. The minimum atomic E-state index is -4.55. The maximum absolute atomic E-state index is 12.0. The third-order valence-electron chi connectivity index (χ3n) is 2.58. The van der Waals surface area contributed by atoms with Crippen LogP contribution in [0, 0.1) is 0 Å². The van der Waals surface area contributed by atoms with Gasteiger partial charge in [-0.3, -0.25) is 0 Å². The highest BCUT2D eigenvalue weighted by molar-refractivity contribution is 5.82. The molecule has 1 atom stereocenters. The number of nitrogens with two attached hydrogens (primary N) is 1. The molecule has 0 saturated carbocycles. The van der Waals surface area contributed by atoms with E-state index in [1.54, 1.807) is 37.3 Å². The number of carbonyl (C=O) groups excluding carboxylic acids is 1. The standard InChI is InChI=1S/C12H14F3NO2/c1-2-11(16,9-6-4-3-5-7-9)10(17)18-8-12(13,14)15/h3-7H,2,8,16H2,1H3. The van der Waals surface area contributed by atoms with Gasteiger partial charge in [-0.25, -0.2) is 4.79 Å². The van der Waals surface area contributed by atoms with Crippen LogP contribution < -0.4 is 5.73 Å². The lowest BCUT2D eigenvalue weighted by Gasteiger charge is -2.26. The van der Waals surface area contributed by atoms with Gasteiger partial charge in [0, 0.05) is 0 Å². The van der Waals surface area contributed by atoms with Crippen LogP contribution in [0.1, 0.15) is 18.9 Å². The van der Waals surface area contributed by atoms with E-state index in [0.29, 0.717) is 5.56 Å². The maximum atomic E-state index is 12.0. The number of alkyl halides is 3. The molecule has 18 heavy (non-hydrogen) atoms. The molecule has 0 aliphatic heterocycles. The Hall–Kier alpha value is -1.56. The van der Waals surface area contributed by atoms with E-state index in [1.165, 1.54) is 0 Å². The van der Waals surface area contributed by atoms with Gasteiger partial charge in [-0.1, -0.05) is 37.3 Å². The Labute approximate surface area is 103 Å². The molecule has 0 amide bonds. The second kappa shape index (κ2) is 5.39. The van der Waals surface area contributed by atoms with E-state index in [0.717, 1.165) is 0 Å². The zero-order valence-corrected chi connectivity index (χ0v) is 9.83. The summed E-state index contributed by atoms with van der Waals surface area (Å²) in [4.78, 5) is 11.7. The summed E-state index contributed by atoms with van der Waals surface area (Å²) < 4.78 is 40.2. The zero-order valence-electron chi connectivity index (χ0n) is 9.83. The Balaban J connectivity index is 2.85. The Kier molecular flexibility index (Phi) is 4.34. The number of carbonyl (C=O) groups is 1. The van der Waals surface area contributed by atoms with Crippen molar-refractivity contribution in [2.45, 2.75) is 25.1 Å². The first kappa shape index (κ1) is 14.5. The molecule has 2 N–H and O–H groups in total. The Morgan fingerprint density at radius 3 is 2.28 bits per heavy atom. The SMILES string of the molecule is CCC(N)(C(=O)OCC(F)(F)F)c1ccccc1. The van der Waals surface area contributed by atoms with Crippen molar-refractivity contribution in [3.63, 3.8) is 0 Å². The molecule has 0 radical (unpaired) electrons. The Morgan fingerprint density at radius 1 is 1.28 bits per heavy atom. The van der Waals surface area contributed by atoms with E-state index >= 15 is 0 Å². The summed E-state index contributed by atoms with van der Waals surface area (Å²) in [6, 6.07) is 8.20. The van der Waals surface area contributed by atoms with Gasteiger partial charge in [-0.05, 0) is 12.0 Å². The molecule has 1 unspecified atom stereocenters. The van der Waals surface area contributed by atoms with E-state index in [4.69, 9.17) is 5.73 Å². The summed E-state index contributed by atoms with van der Waals surface area (Å²) in [5, 5.41) is 0. The summed E-state index contributed by atoms with van der Waals surface area (Å²) in [6.07, 6.45) is -4.41. The maximum Gasteiger partial charge on any atom is 0.422 e. The third-order valence-corrected chi connectivity index (χ3v) is 2.58. The van der Waals surface area contributed by atoms with Gasteiger partial charge in [0.2, 0.25) is 0 Å². The van der Waals surface area contributed by atoms with Crippen molar-refractivity contribution in [1.82, 2.24) is 0 Å². The van der Waals surface area contributed by atoms with Gasteiger partial charge in [-0.2, -0.15) is 13.2 Å². The van der Waals surface area contributed by atoms with Gasteiger partial charge in [0.15, 0.2) is 6.61 Å². The van der Waals surface area contributed by atoms with Crippen LogP contribution in [-0.2, 0) is 15.1 Å². The second-order valence-corrected chi connectivity index (χ2v) is 3.88. The van der Waals surface area contributed by atoms with E-state index in [1.807, 2.05) is 0 Å². The zero-order chi connectivity index (χ0) is 13.8. The highest BCUT2D eigenvalue weighted by atomic mass is 19.4. The average Bonchev–Trinajstić information content (AvgIpc) is 2.35. The number of rotatable bonds is 4. The molecule has 0 spiro atoms. The van der Waals surface area contributed by atoms with Crippen molar-refractivity contribution >= 4 is 5.97 Å². The lowest BCUT2D eigenvalue weighted by atomic mass is 9.88. The molecule has 1 aromatic rings. The van der Waals surface area contributed by atoms with E-state index in [2.05, 4.69) is 4.74 Å². The van der Waals surface area contributed by atoms with Gasteiger partial charge in [0.05, 0.1) is 0 Å². The van der Waals surface area contributed by atoms with Gasteiger partial charge >= 0.3 is 12.1 Å². The van der Waals surface area contributed by atoms with Crippen molar-refractivity contribution in [2.24, 2.45) is 5.73 Å². The molecule has 0 aromatic heterocycles. The number of halogens is 3. The predicted molar refractivity (Wildman–Crippen MR) is 59.6 cm³/mol. The van der Waals surface area contributed by atoms with Crippen LogP contribution in [0.5, 0.6) is 0 Å². The highest BCUT2D eigenvalue weighted by Crippen LogP contribution is 2.25. The second-order valence-electron chi connectivity index (χ2n) is 3.88. The molecule has 0 saturated heterocycles. The first-order valence-corrected chi connectivity index (χ1v) is 5.38. The van der Waals surface area contributed by atoms with Crippen LogP contribution in [0.25, 0.3) is 0 Å². The molecule has 0 aliphatic rings. The molecule has 0 aliphatic carbocycles. The van der Waals surface area contributed by atoms with Gasteiger partial charge in [0.1, 0.15) is 5.54 Å². The van der Waals surface area contributed by atoms with E-state index < -0.39 is 24.3 Å². The number of benzene rings is 1. The van der Waals surface area contributed by atoms with Crippen LogP contribution in [0.2, 0.25) is 0 Å². The van der Waals surface area contributed by atoms with Crippen LogP contribution in [0.15, 0.2) is 30.3 Å². The van der Waals surface area contributed by atoms with Crippen molar-refractivity contribution in [1.29, 1.82) is 0 Å². The lowest BCUT2D eigenvalue weighted by molar-refractivity contribution is -0.190. The van der Waals surface area contributed by atoms with E-state index in [9.17, 15) is 18.0 Å². The number of hydrogen-bond acceptors (Lipinski definition) is 3. The van der Waals surface area contributed by atoms with Gasteiger partial charge < -0.3 is 10.5 Å². The largest absolute Gasteiger partial charge is 0.454 e. The van der Waals surface area contributed by atoms with Crippen molar-refractivity contribution in [2.75, 3.05) is 6.61 Å². The highest BCUT2D eigenvalue weighted by Gasteiger charge is 2.38. The number of hydrogen-bond donors (Lipinski definition) is 1. The Morgan fingerprint density at radius 2 is 1.83 bits per heavy atom. The van der Waals surface area contributed by atoms with Gasteiger partial charge in [-0.15, -0.1) is 0 Å². The quantitative estimate of drug-likeness (QED) is 0.846. The summed E-state index contributed by atoms with van der Waals surface area (Å²) in [6.45, 7) is -0.0144. The first-order valence-electron chi connectivity index (χ1n) is 5.38. The van der Waals surface area contributed by atoms with Crippen LogP contribution >= 0.6 is 0 Å². The first-order chi connectivity index (χ1) is 8.29. The number of esters is 1. The molecule has 0 bridgehead atoms. The van der Waals surface area contributed by atoms with E-state index in [-0.39, 0.29) is 6.42 Å². The molecule has 3 nitrogen and oxygen atoms in total. The number of ether oxygens (including phenoxy) is 1. The third kappa shape index (κ3) is 3.46. The van der Waals surface area contributed by atoms with Gasteiger partial charge in [0.25, 0.3) is 0 Å². The molecule has 1 aromatic carbocycles.